The normalized spacial score (nSPS) is 10.6. The topological polar surface area (TPSA) is 90.5 Å². The highest BCUT2D eigenvalue weighted by atomic mass is 35.5. The molecule has 0 spiro atoms. The van der Waals surface area contributed by atoms with Crippen LogP contribution in [0.1, 0.15) is 11.4 Å². The van der Waals surface area contributed by atoms with Gasteiger partial charge in [-0.05, 0) is 24.3 Å². The molecule has 1 aromatic heterocycles. The van der Waals surface area contributed by atoms with Crippen molar-refractivity contribution in [1.82, 2.24) is 9.97 Å². The first-order valence-corrected chi connectivity index (χ1v) is 8.43. The molecule has 3 rings (SSSR count). The number of hydrogen-bond donors (Lipinski definition) is 1. The van der Waals surface area contributed by atoms with E-state index in [-0.39, 0.29) is 24.4 Å². The Kier molecular flexibility index (Phi) is 5.61. The molecule has 8 heteroatoms. The van der Waals surface area contributed by atoms with Gasteiger partial charge in [0.1, 0.15) is 23.9 Å². The van der Waals surface area contributed by atoms with Crippen molar-refractivity contribution in [3.05, 3.63) is 63.2 Å². The summed E-state index contributed by atoms with van der Waals surface area (Å²) in [6.45, 7) is -0.148. The predicted octanol–water partition coefficient (Wildman–Crippen LogP) is 2.88. The summed E-state index contributed by atoms with van der Waals surface area (Å²) in [4.78, 5) is 31.1. The van der Waals surface area contributed by atoms with Crippen LogP contribution in [-0.4, -0.2) is 30.2 Å². The molecule has 0 atom stereocenters. The van der Waals surface area contributed by atoms with Gasteiger partial charge in [-0.2, -0.15) is 0 Å². The van der Waals surface area contributed by atoms with Gasteiger partial charge in [-0.15, -0.1) is 0 Å². The van der Waals surface area contributed by atoms with Gasteiger partial charge in [-0.25, -0.2) is 4.98 Å². The van der Waals surface area contributed by atoms with Crippen LogP contribution in [0.3, 0.4) is 0 Å². The van der Waals surface area contributed by atoms with Gasteiger partial charge < -0.3 is 19.2 Å². The number of fused-ring (bicyclic) bond motifs is 1. The lowest BCUT2D eigenvalue weighted by molar-refractivity contribution is -0.144. The highest BCUT2D eigenvalue weighted by Crippen LogP contribution is 2.25. The second-order valence-electron chi connectivity index (χ2n) is 5.69. The number of benzene rings is 2. The first kappa shape index (κ1) is 18.7. The van der Waals surface area contributed by atoms with Crippen LogP contribution < -0.4 is 15.0 Å². The first-order chi connectivity index (χ1) is 13.0. The number of carbonyl (C=O) groups excluding carboxylic acids is 1. The molecular formula is C19H17ClN2O5. The molecule has 0 amide bonds. The van der Waals surface area contributed by atoms with E-state index < -0.39 is 5.97 Å². The molecule has 3 aromatic rings. The maximum absolute atomic E-state index is 12.2. The lowest BCUT2D eigenvalue weighted by Crippen LogP contribution is -2.15. The number of nitrogens with one attached hydrogen (secondary N) is 1. The van der Waals surface area contributed by atoms with Crippen molar-refractivity contribution in [3.8, 4) is 11.5 Å². The van der Waals surface area contributed by atoms with Gasteiger partial charge in [0, 0.05) is 16.7 Å². The molecule has 0 saturated heterocycles. The maximum atomic E-state index is 12.2. The van der Waals surface area contributed by atoms with Crippen LogP contribution in [-0.2, 0) is 22.6 Å². The van der Waals surface area contributed by atoms with Crippen molar-refractivity contribution in [2.45, 2.75) is 13.0 Å². The second-order valence-corrected chi connectivity index (χ2v) is 6.13. The number of rotatable bonds is 6. The fourth-order valence-electron chi connectivity index (χ4n) is 2.58. The number of ether oxygens (including phenoxy) is 3. The Morgan fingerprint density at radius 2 is 1.96 bits per heavy atom. The van der Waals surface area contributed by atoms with E-state index in [0.29, 0.717) is 33.0 Å². The number of methoxy groups -OCH3 is 2. The quantitative estimate of drug-likeness (QED) is 0.653. The van der Waals surface area contributed by atoms with E-state index in [1.165, 1.54) is 13.2 Å². The highest BCUT2D eigenvalue weighted by Gasteiger charge is 2.12. The molecule has 0 aliphatic rings. The maximum Gasteiger partial charge on any atom is 0.310 e. The summed E-state index contributed by atoms with van der Waals surface area (Å²) < 4.78 is 15.6. The largest absolute Gasteiger partial charge is 0.497 e. The highest BCUT2D eigenvalue weighted by molar-refractivity contribution is 6.31. The minimum Gasteiger partial charge on any atom is -0.497 e. The van der Waals surface area contributed by atoms with Gasteiger partial charge in [0.15, 0.2) is 0 Å². The van der Waals surface area contributed by atoms with Crippen LogP contribution in [0, 0.1) is 0 Å². The van der Waals surface area contributed by atoms with E-state index >= 15 is 0 Å². The summed E-state index contributed by atoms with van der Waals surface area (Å²) >= 11 is 5.89. The van der Waals surface area contributed by atoms with Gasteiger partial charge in [-0.3, -0.25) is 9.59 Å². The number of nitrogens with zero attached hydrogens (tertiary/aromatic N) is 1. The number of esters is 1. The van der Waals surface area contributed by atoms with Crippen molar-refractivity contribution < 1.29 is 19.0 Å². The van der Waals surface area contributed by atoms with E-state index in [2.05, 4.69) is 9.97 Å². The van der Waals surface area contributed by atoms with Crippen LogP contribution >= 0.6 is 11.6 Å². The number of hydrogen-bond acceptors (Lipinski definition) is 6. The van der Waals surface area contributed by atoms with Gasteiger partial charge in [-0.1, -0.05) is 17.7 Å². The SMILES string of the molecule is COc1ccc(CC(=O)OCc2nc3ccc(Cl)cc3c(=O)[nH]2)c(OC)c1. The Balaban J connectivity index is 1.70. The minimum absolute atomic E-state index is 0.0145. The van der Waals surface area contributed by atoms with E-state index in [1.807, 2.05) is 0 Å². The van der Waals surface area contributed by atoms with Crippen LogP contribution in [0.2, 0.25) is 5.02 Å². The average molecular weight is 389 g/mol. The summed E-state index contributed by atoms with van der Waals surface area (Å²) in [6.07, 6.45) is 0.0145. The number of aromatic nitrogens is 2. The molecule has 0 aliphatic carbocycles. The summed E-state index contributed by atoms with van der Waals surface area (Å²) in [5.74, 6) is 0.935. The Morgan fingerprint density at radius 3 is 2.70 bits per heavy atom. The third-order valence-electron chi connectivity index (χ3n) is 3.92. The third kappa shape index (κ3) is 4.38. The lowest BCUT2D eigenvalue weighted by Gasteiger charge is -2.10. The number of H-pyrrole nitrogens is 1. The molecule has 27 heavy (non-hydrogen) atoms. The molecule has 1 N–H and O–H groups in total. The number of halogens is 1. The molecular weight excluding hydrogens is 372 g/mol. The van der Waals surface area contributed by atoms with Crippen molar-refractivity contribution in [2.24, 2.45) is 0 Å². The summed E-state index contributed by atoms with van der Waals surface area (Å²) in [5, 5.41) is 0.822. The average Bonchev–Trinajstić information content (AvgIpc) is 2.67. The van der Waals surface area contributed by atoms with Crippen molar-refractivity contribution >= 4 is 28.5 Å². The number of carbonyl (C=O) groups is 1. The summed E-state index contributed by atoms with van der Waals surface area (Å²) in [7, 11) is 3.06. The molecule has 0 unspecified atom stereocenters. The van der Waals surface area contributed by atoms with E-state index in [0.717, 1.165) is 0 Å². The zero-order valence-corrected chi connectivity index (χ0v) is 15.5. The monoisotopic (exact) mass is 388 g/mol. The first-order valence-electron chi connectivity index (χ1n) is 8.05. The van der Waals surface area contributed by atoms with Crippen LogP contribution in [0.4, 0.5) is 0 Å². The Labute approximate surface area is 159 Å². The van der Waals surface area contributed by atoms with Gasteiger partial charge in [0.05, 0.1) is 31.5 Å². The molecule has 2 aromatic carbocycles. The standard InChI is InChI=1S/C19H17ClN2O5/c1-25-13-5-3-11(16(9-13)26-2)7-18(23)27-10-17-21-15-6-4-12(20)8-14(15)19(24)22-17/h3-6,8-9H,7,10H2,1-2H3,(H,21,22,24). The summed E-state index contributed by atoms with van der Waals surface area (Å²) in [5.41, 5.74) is 0.800. The molecule has 1 heterocycles. The van der Waals surface area contributed by atoms with Gasteiger partial charge >= 0.3 is 5.97 Å². The van der Waals surface area contributed by atoms with Crippen LogP contribution in [0.5, 0.6) is 11.5 Å². The zero-order valence-electron chi connectivity index (χ0n) is 14.7. The Hall–Kier alpha value is -3.06. The predicted molar refractivity (Wildman–Crippen MR) is 100 cm³/mol. The molecule has 0 saturated carbocycles. The van der Waals surface area contributed by atoms with Crippen molar-refractivity contribution in [3.63, 3.8) is 0 Å². The van der Waals surface area contributed by atoms with Gasteiger partial charge in [0.2, 0.25) is 0 Å². The van der Waals surface area contributed by atoms with Crippen LogP contribution in [0.15, 0.2) is 41.2 Å². The van der Waals surface area contributed by atoms with Crippen LogP contribution in [0.25, 0.3) is 10.9 Å². The zero-order chi connectivity index (χ0) is 19.4. The Bertz CT molecular complexity index is 1050. The van der Waals surface area contributed by atoms with Crippen molar-refractivity contribution in [1.29, 1.82) is 0 Å². The smallest absolute Gasteiger partial charge is 0.310 e. The Morgan fingerprint density at radius 1 is 1.15 bits per heavy atom. The molecule has 0 fully saturated rings. The molecule has 0 radical (unpaired) electrons. The summed E-state index contributed by atoms with van der Waals surface area (Å²) in [6, 6.07) is 9.98. The molecule has 0 aliphatic heterocycles. The second kappa shape index (κ2) is 8.09. The van der Waals surface area contributed by atoms with E-state index in [1.54, 1.807) is 37.4 Å². The minimum atomic E-state index is -0.475. The third-order valence-corrected chi connectivity index (χ3v) is 4.15. The van der Waals surface area contributed by atoms with E-state index in [4.69, 9.17) is 25.8 Å². The fourth-order valence-corrected chi connectivity index (χ4v) is 2.75. The fraction of sp³-hybridized carbons (Fsp3) is 0.211. The number of aromatic amines is 1. The lowest BCUT2D eigenvalue weighted by atomic mass is 10.1. The van der Waals surface area contributed by atoms with Gasteiger partial charge in [0.25, 0.3) is 5.56 Å². The molecule has 140 valence electrons. The molecule has 0 bridgehead atoms. The van der Waals surface area contributed by atoms with E-state index in [9.17, 15) is 9.59 Å². The van der Waals surface area contributed by atoms with Crippen molar-refractivity contribution in [2.75, 3.05) is 14.2 Å². The molecule has 7 nitrogen and oxygen atoms in total.